The maximum absolute atomic E-state index is 12.8. The summed E-state index contributed by atoms with van der Waals surface area (Å²) in [5, 5.41) is 0. The molecule has 5 heteroatoms. The van der Waals surface area contributed by atoms with Crippen molar-refractivity contribution in [1.82, 2.24) is 0 Å². The summed E-state index contributed by atoms with van der Waals surface area (Å²) in [4.78, 5) is 26.2. The molecule has 1 atom stereocenters. The van der Waals surface area contributed by atoms with Crippen LogP contribution in [-0.4, -0.2) is 31.1 Å². The van der Waals surface area contributed by atoms with Gasteiger partial charge in [0, 0.05) is 12.1 Å². The fraction of sp³-hybridized carbons (Fsp3) is 0.263. The third kappa shape index (κ3) is 3.56. The van der Waals surface area contributed by atoms with Gasteiger partial charge in [-0.2, -0.15) is 0 Å². The van der Waals surface area contributed by atoms with Crippen LogP contribution >= 0.6 is 0 Å². The average Bonchev–Trinajstić information content (AvgIpc) is 3.00. The van der Waals surface area contributed by atoms with Gasteiger partial charge in [0.15, 0.2) is 6.61 Å². The van der Waals surface area contributed by atoms with Gasteiger partial charge in [0.05, 0.1) is 6.61 Å². The first-order valence-electron chi connectivity index (χ1n) is 7.88. The molecular formula is C19H19NO4. The number of hydrogen-bond acceptors (Lipinski definition) is 4. The molecule has 24 heavy (non-hydrogen) atoms. The molecule has 3 rings (SSSR count). The van der Waals surface area contributed by atoms with Gasteiger partial charge in [-0.1, -0.05) is 30.3 Å². The van der Waals surface area contributed by atoms with E-state index >= 15 is 0 Å². The molecular weight excluding hydrogens is 306 g/mol. The van der Waals surface area contributed by atoms with Crippen molar-refractivity contribution in [3.63, 3.8) is 0 Å². The summed E-state index contributed by atoms with van der Waals surface area (Å²) in [5.74, 6) is -0.0260. The number of hydrogen-bond donors (Lipinski definition) is 0. The van der Waals surface area contributed by atoms with Crippen LogP contribution in [0.15, 0.2) is 54.6 Å². The second kappa shape index (κ2) is 7.17. The maximum Gasteiger partial charge on any atom is 0.329 e. The Bertz CT molecular complexity index is 729. The van der Waals surface area contributed by atoms with E-state index in [-0.39, 0.29) is 18.5 Å². The smallest absolute Gasteiger partial charge is 0.329 e. The average molecular weight is 325 g/mol. The summed E-state index contributed by atoms with van der Waals surface area (Å²) in [6, 6.07) is 16.0. The highest BCUT2D eigenvalue weighted by atomic mass is 16.5. The fourth-order valence-corrected chi connectivity index (χ4v) is 2.73. The van der Waals surface area contributed by atoms with Gasteiger partial charge in [-0.05, 0) is 36.8 Å². The van der Waals surface area contributed by atoms with Gasteiger partial charge >= 0.3 is 5.97 Å². The van der Waals surface area contributed by atoms with Crippen molar-refractivity contribution in [2.24, 2.45) is 0 Å². The summed E-state index contributed by atoms with van der Waals surface area (Å²) in [7, 11) is 0. The van der Waals surface area contributed by atoms with E-state index in [0.29, 0.717) is 24.5 Å². The van der Waals surface area contributed by atoms with E-state index in [1.54, 1.807) is 12.1 Å². The number of cyclic esters (lactones) is 1. The van der Waals surface area contributed by atoms with Crippen molar-refractivity contribution in [1.29, 1.82) is 0 Å². The van der Waals surface area contributed by atoms with E-state index in [1.165, 1.54) is 4.90 Å². The molecule has 0 spiro atoms. The normalized spacial score (nSPS) is 16.5. The van der Waals surface area contributed by atoms with Crippen LogP contribution in [0, 0.1) is 6.92 Å². The Balaban J connectivity index is 1.81. The molecule has 0 bridgehead atoms. The number of rotatable bonds is 5. The quantitative estimate of drug-likeness (QED) is 0.793. The monoisotopic (exact) mass is 325 g/mol. The lowest BCUT2D eigenvalue weighted by atomic mass is 10.1. The third-order valence-electron chi connectivity index (χ3n) is 3.87. The van der Waals surface area contributed by atoms with Gasteiger partial charge in [0.2, 0.25) is 0 Å². The van der Waals surface area contributed by atoms with Crippen molar-refractivity contribution < 1.29 is 19.1 Å². The molecule has 1 amide bonds. The molecule has 2 aromatic rings. The molecule has 0 aliphatic carbocycles. The second-order valence-electron chi connectivity index (χ2n) is 5.68. The van der Waals surface area contributed by atoms with Crippen LogP contribution in [0.5, 0.6) is 5.75 Å². The topological polar surface area (TPSA) is 55.8 Å². The zero-order chi connectivity index (χ0) is 16.9. The summed E-state index contributed by atoms with van der Waals surface area (Å²) in [5.41, 5.74) is 1.70. The first-order chi connectivity index (χ1) is 11.6. The van der Waals surface area contributed by atoms with Crippen LogP contribution in [0.3, 0.4) is 0 Å². The van der Waals surface area contributed by atoms with Gasteiger partial charge < -0.3 is 9.47 Å². The van der Waals surface area contributed by atoms with Gasteiger partial charge in [-0.15, -0.1) is 0 Å². The van der Waals surface area contributed by atoms with E-state index in [0.717, 1.165) is 5.56 Å². The zero-order valence-corrected chi connectivity index (χ0v) is 13.5. The van der Waals surface area contributed by atoms with Gasteiger partial charge in [-0.25, -0.2) is 4.79 Å². The van der Waals surface area contributed by atoms with Crippen LogP contribution in [0.4, 0.5) is 5.69 Å². The van der Waals surface area contributed by atoms with E-state index in [9.17, 15) is 9.59 Å². The number of anilines is 1. The number of ether oxygens (including phenoxy) is 2. The summed E-state index contributed by atoms with van der Waals surface area (Å²) in [6.07, 6.45) is 0.490. The molecule has 1 fully saturated rings. The number of amides is 1. The lowest BCUT2D eigenvalue weighted by Gasteiger charge is -2.26. The molecule has 0 N–H and O–H groups in total. The van der Waals surface area contributed by atoms with E-state index in [2.05, 4.69) is 0 Å². The highest BCUT2D eigenvalue weighted by Crippen LogP contribution is 2.24. The molecule has 1 aliphatic rings. The highest BCUT2D eigenvalue weighted by Gasteiger charge is 2.36. The molecule has 0 saturated carbocycles. The Morgan fingerprint density at radius 3 is 2.67 bits per heavy atom. The molecule has 1 aliphatic heterocycles. The SMILES string of the molecule is Cc1cccc(N(C(=O)COc2ccccc2)C2CCOC2=O)c1. The third-order valence-corrected chi connectivity index (χ3v) is 3.87. The van der Waals surface area contributed by atoms with Crippen molar-refractivity contribution in [2.75, 3.05) is 18.1 Å². The molecule has 5 nitrogen and oxygen atoms in total. The van der Waals surface area contributed by atoms with Crippen molar-refractivity contribution in [3.8, 4) is 5.75 Å². The second-order valence-corrected chi connectivity index (χ2v) is 5.68. The molecule has 1 unspecified atom stereocenters. The Labute approximate surface area is 140 Å². The Morgan fingerprint density at radius 2 is 2.00 bits per heavy atom. The summed E-state index contributed by atoms with van der Waals surface area (Å²) in [6.45, 7) is 2.14. The number of carbonyl (C=O) groups excluding carboxylic acids is 2. The van der Waals surface area contributed by atoms with Gasteiger partial charge in [-0.3, -0.25) is 9.69 Å². The van der Waals surface area contributed by atoms with Crippen molar-refractivity contribution in [3.05, 3.63) is 60.2 Å². The minimum Gasteiger partial charge on any atom is -0.484 e. The van der Waals surface area contributed by atoms with Crippen molar-refractivity contribution >= 4 is 17.6 Å². The first-order valence-corrected chi connectivity index (χ1v) is 7.88. The number of carbonyl (C=O) groups is 2. The molecule has 0 aromatic heterocycles. The number of aryl methyl sites for hydroxylation is 1. The fourth-order valence-electron chi connectivity index (χ4n) is 2.73. The van der Waals surface area contributed by atoms with Crippen LogP contribution in [-0.2, 0) is 14.3 Å². The van der Waals surface area contributed by atoms with E-state index < -0.39 is 6.04 Å². The lowest BCUT2D eigenvalue weighted by Crippen LogP contribution is -2.45. The van der Waals surface area contributed by atoms with Gasteiger partial charge in [0.1, 0.15) is 11.8 Å². The number of para-hydroxylation sites is 1. The number of esters is 1. The predicted molar refractivity (Wildman–Crippen MR) is 90.0 cm³/mol. The van der Waals surface area contributed by atoms with Crippen LogP contribution in [0.2, 0.25) is 0 Å². The highest BCUT2D eigenvalue weighted by molar-refractivity contribution is 6.00. The number of nitrogens with zero attached hydrogens (tertiary/aromatic N) is 1. The van der Waals surface area contributed by atoms with Crippen LogP contribution in [0.25, 0.3) is 0 Å². The standard InChI is InChI=1S/C19H19NO4/c1-14-6-5-7-15(12-14)20(17-10-11-23-19(17)22)18(21)13-24-16-8-3-2-4-9-16/h2-9,12,17H,10-11,13H2,1H3. The predicted octanol–water partition coefficient (Wildman–Crippen LogP) is 2.72. The Hall–Kier alpha value is -2.82. The van der Waals surface area contributed by atoms with Crippen molar-refractivity contribution in [2.45, 2.75) is 19.4 Å². The molecule has 0 radical (unpaired) electrons. The van der Waals surface area contributed by atoms with E-state index in [4.69, 9.17) is 9.47 Å². The zero-order valence-electron chi connectivity index (χ0n) is 13.5. The lowest BCUT2D eigenvalue weighted by molar-refractivity contribution is -0.140. The van der Waals surface area contributed by atoms with Crippen LogP contribution < -0.4 is 9.64 Å². The Morgan fingerprint density at radius 1 is 1.21 bits per heavy atom. The minimum atomic E-state index is -0.598. The number of benzene rings is 2. The summed E-state index contributed by atoms with van der Waals surface area (Å²) < 4.78 is 10.6. The van der Waals surface area contributed by atoms with Crippen LogP contribution in [0.1, 0.15) is 12.0 Å². The molecule has 124 valence electrons. The molecule has 2 aromatic carbocycles. The Kier molecular flexibility index (Phi) is 4.79. The molecule has 1 heterocycles. The minimum absolute atomic E-state index is 0.137. The largest absolute Gasteiger partial charge is 0.484 e. The maximum atomic E-state index is 12.8. The first kappa shape index (κ1) is 16.1. The summed E-state index contributed by atoms with van der Waals surface area (Å²) >= 11 is 0. The van der Waals surface area contributed by atoms with E-state index in [1.807, 2.05) is 49.4 Å². The molecule has 1 saturated heterocycles. The van der Waals surface area contributed by atoms with Gasteiger partial charge in [0.25, 0.3) is 5.91 Å².